The number of carbonyl (C=O) groups is 1. The number of rotatable bonds is 4. The van der Waals surface area contributed by atoms with Crippen molar-refractivity contribution < 1.29 is 13.2 Å². The molecule has 23 heavy (non-hydrogen) atoms. The van der Waals surface area contributed by atoms with Crippen LogP contribution in [0.4, 0.5) is 11.4 Å². The minimum absolute atomic E-state index is 0.0388. The summed E-state index contributed by atoms with van der Waals surface area (Å²) < 4.78 is 27.9. The number of hydrogen-bond acceptors (Lipinski definition) is 3. The number of anilines is 2. The largest absolute Gasteiger partial charge is 0.326 e. The summed E-state index contributed by atoms with van der Waals surface area (Å²) in [5, 5.41) is 2.75. The van der Waals surface area contributed by atoms with E-state index in [0.717, 1.165) is 17.5 Å². The molecule has 6 heteroatoms. The van der Waals surface area contributed by atoms with Crippen LogP contribution in [0.25, 0.3) is 0 Å². The minimum atomic E-state index is -3.66. The molecule has 0 unspecified atom stereocenters. The second-order valence-corrected chi connectivity index (χ2v) is 7.17. The van der Waals surface area contributed by atoms with Gasteiger partial charge in [0.1, 0.15) is 0 Å². The number of carbonyl (C=O) groups excluding carboxylic acids is 1. The molecule has 0 aromatic heterocycles. The van der Waals surface area contributed by atoms with Crippen molar-refractivity contribution in [3.05, 3.63) is 53.6 Å². The molecule has 5 nitrogen and oxygen atoms in total. The van der Waals surface area contributed by atoms with Crippen LogP contribution >= 0.6 is 0 Å². The molecule has 2 aromatic carbocycles. The van der Waals surface area contributed by atoms with E-state index in [4.69, 9.17) is 0 Å². The average molecular weight is 330 g/mol. The molecular weight excluding hydrogens is 312 g/mol. The Hall–Kier alpha value is -2.34. The lowest BCUT2D eigenvalue weighted by Crippen LogP contribution is -2.20. The molecule has 120 valence electrons. The van der Waals surface area contributed by atoms with Gasteiger partial charge in [-0.3, -0.25) is 9.52 Å². The van der Waals surface area contributed by atoms with Crippen LogP contribution in [0.5, 0.6) is 0 Å². The highest BCUT2D eigenvalue weighted by atomic mass is 32.2. The fourth-order valence-electron chi connectivity index (χ4n) is 2.66. The number of para-hydroxylation sites is 1. The smallest absolute Gasteiger partial charge is 0.261 e. The van der Waals surface area contributed by atoms with Gasteiger partial charge in [-0.25, -0.2) is 8.42 Å². The SMILES string of the molecule is CCc1ccccc1NS(=O)(=O)c1ccc2c(c1)CCC(=O)N2. The van der Waals surface area contributed by atoms with Crippen LogP contribution in [0.2, 0.25) is 0 Å². The Morgan fingerprint density at radius 1 is 1.13 bits per heavy atom. The molecule has 1 amide bonds. The van der Waals surface area contributed by atoms with Gasteiger partial charge in [0.25, 0.3) is 10.0 Å². The maximum absolute atomic E-state index is 12.6. The molecule has 0 aliphatic carbocycles. The van der Waals surface area contributed by atoms with Crippen LogP contribution < -0.4 is 10.0 Å². The van der Waals surface area contributed by atoms with Crippen molar-refractivity contribution in [1.29, 1.82) is 0 Å². The summed E-state index contributed by atoms with van der Waals surface area (Å²) in [6, 6.07) is 12.1. The molecule has 0 bridgehead atoms. The Bertz CT molecular complexity index is 860. The molecule has 0 spiro atoms. The predicted molar refractivity (Wildman–Crippen MR) is 90.0 cm³/mol. The third kappa shape index (κ3) is 3.22. The fourth-order valence-corrected chi connectivity index (χ4v) is 3.81. The van der Waals surface area contributed by atoms with Gasteiger partial charge in [-0.2, -0.15) is 0 Å². The molecule has 0 saturated heterocycles. The van der Waals surface area contributed by atoms with Crippen LogP contribution in [0.1, 0.15) is 24.5 Å². The third-order valence-corrected chi connectivity index (χ3v) is 5.29. The second-order valence-electron chi connectivity index (χ2n) is 5.48. The van der Waals surface area contributed by atoms with Crippen LogP contribution in [0, 0.1) is 0 Å². The Labute approximate surface area is 135 Å². The summed E-state index contributed by atoms with van der Waals surface area (Å²) in [5.74, 6) is -0.0388. The number of aryl methyl sites for hydroxylation is 2. The number of benzene rings is 2. The third-order valence-electron chi connectivity index (χ3n) is 3.93. The highest BCUT2D eigenvalue weighted by Gasteiger charge is 2.20. The van der Waals surface area contributed by atoms with Crippen molar-refractivity contribution in [2.24, 2.45) is 0 Å². The highest BCUT2D eigenvalue weighted by molar-refractivity contribution is 7.92. The summed E-state index contributed by atoms with van der Waals surface area (Å²) in [6.45, 7) is 1.98. The zero-order valence-electron chi connectivity index (χ0n) is 12.8. The van der Waals surface area contributed by atoms with E-state index in [-0.39, 0.29) is 10.8 Å². The van der Waals surface area contributed by atoms with Gasteiger partial charge >= 0.3 is 0 Å². The molecule has 2 N–H and O–H groups in total. The first-order valence-corrected chi connectivity index (χ1v) is 9.01. The lowest BCUT2D eigenvalue weighted by molar-refractivity contribution is -0.116. The van der Waals surface area contributed by atoms with Crippen molar-refractivity contribution in [1.82, 2.24) is 0 Å². The topological polar surface area (TPSA) is 75.3 Å². The normalized spacial score (nSPS) is 14.0. The van der Waals surface area contributed by atoms with Gasteiger partial charge in [0.05, 0.1) is 10.6 Å². The Kier molecular flexibility index (Phi) is 4.09. The molecular formula is C17H18N2O3S. The minimum Gasteiger partial charge on any atom is -0.326 e. The lowest BCUT2D eigenvalue weighted by Gasteiger charge is -2.18. The number of hydrogen-bond donors (Lipinski definition) is 2. The highest BCUT2D eigenvalue weighted by Crippen LogP contribution is 2.27. The van der Waals surface area contributed by atoms with Crippen LogP contribution in [0.15, 0.2) is 47.4 Å². The van der Waals surface area contributed by atoms with Crippen molar-refractivity contribution in [2.45, 2.75) is 31.1 Å². The summed E-state index contributed by atoms with van der Waals surface area (Å²) in [4.78, 5) is 11.6. The van der Waals surface area contributed by atoms with Gasteiger partial charge in [-0.05, 0) is 48.2 Å². The fraction of sp³-hybridized carbons (Fsp3) is 0.235. The van der Waals surface area contributed by atoms with Crippen molar-refractivity contribution in [3.63, 3.8) is 0 Å². The maximum atomic E-state index is 12.6. The first kappa shape index (κ1) is 15.6. The molecule has 2 aromatic rings. The van der Waals surface area contributed by atoms with E-state index < -0.39 is 10.0 Å². The van der Waals surface area contributed by atoms with Crippen molar-refractivity contribution >= 4 is 27.3 Å². The summed E-state index contributed by atoms with van der Waals surface area (Å²) in [5.41, 5.74) is 3.08. The zero-order chi connectivity index (χ0) is 16.4. The van der Waals surface area contributed by atoms with E-state index in [0.29, 0.717) is 24.2 Å². The second kappa shape index (κ2) is 6.04. The maximum Gasteiger partial charge on any atom is 0.261 e. The number of nitrogens with one attached hydrogen (secondary N) is 2. The van der Waals surface area contributed by atoms with Crippen LogP contribution in [-0.4, -0.2) is 14.3 Å². The van der Waals surface area contributed by atoms with E-state index in [1.54, 1.807) is 24.3 Å². The summed E-state index contributed by atoms with van der Waals surface area (Å²) in [6.07, 6.45) is 1.67. The molecule has 0 saturated carbocycles. The Morgan fingerprint density at radius 2 is 1.91 bits per heavy atom. The van der Waals surface area contributed by atoms with E-state index in [2.05, 4.69) is 10.0 Å². The van der Waals surface area contributed by atoms with Gasteiger partial charge < -0.3 is 5.32 Å². The molecule has 1 aliphatic rings. The summed E-state index contributed by atoms with van der Waals surface area (Å²) in [7, 11) is -3.66. The lowest BCUT2D eigenvalue weighted by atomic mass is 10.0. The van der Waals surface area contributed by atoms with E-state index >= 15 is 0 Å². The van der Waals surface area contributed by atoms with Crippen LogP contribution in [-0.2, 0) is 27.7 Å². The van der Waals surface area contributed by atoms with E-state index in [9.17, 15) is 13.2 Å². The van der Waals surface area contributed by atoms with Gasteiger partial charge in [-0.15, -0.1) is 0 Å². The van der Waals surface area contributed by atoms with Crippen LogP contribution in [0.3, 0.4) is 0 Å². The first-order chi connectivity index (χ1) is 11.0. The van der Waals surface area contributed by atoms with Gasteiger partial charge in [-0.1, -0.05) is 25.1 Å². The molecule has 3 rings (SSSR count). The predicted octanol–water partition coefficient (Wildman–Crippen LogP) is 2.93. The monoisotopic (exact) mass is 330 g/mol. The molecule has 1 aliphatic heterocycles. The van der Waals surface area contributed by atoms with Gasteiger partial charge in [0, 0.05) is 12.1 Å². The molecule has 0 radical (unpaired) electrons. The summed E-state index contributed by atoms with van der Waals surface area (Å²) >= 11 is 0. The van der Waals surface area contributed by atoms with E-state index in [1.807, 2.05) is 19.1 Å². The van der Waals surface area contributed by atoms with Crippen molar-refractivity contribution in [3.8, 4) is 0 Å². The number of sulfonamides is 1. The van der Waals surface area contributed by atoms with E-state index in [1.165, 1.54) is 6.07 Å². The molecule has 0 atom stereocenters. The quantitative estimate of drug-likeness (QED) is 0.905. The molecule has 0 fully saturated rings. The van der Waals surface area contributed by atoms with Gasteiger partial charge in [0.15, 0.2) is 0 Å². The number of fused-ring (bicyclic) bond motifs is 1. The Morgan fingerprint density at radius 3 is 2.70 bits per heavy atom. The standard InChI is InChI=1S/C17H18N2O3S/c1-2-12-5-3-4-6-16(12)19-23(21,22)14-8-9-15-13(11-14)7-10-17(20)18-15/h3-6,8-9,11,19H,2,7,10H2,1H3,(H,18,20). The Balaban J connectivity index is 1.92. The molecule has 1 heterocycles. The number of amides is 1. The first-order valence-electron chi connectivity index (χ1n) is 7.53. The van der Waals surface area contributed by atoms with Crippen molar-refractivity contribution in [2.75, 3.05) is 10.0 Å². The van der Waals surface area contributed by atoms with Gasteiger partial charge in [0.2, 0.25) is 5.91 Å². The zero-order valence-corrected chi connectivity index (χ0v) is 13.6. The average Bonchev–Trinajstić information content (AvgIpc) is 2.54.